The third kappa shape index (κ3) is 34.7. The minimum absolute atomic E-state index is 0.0465. The van der Waals surface area contributed by atoms with Crippen molar-refractivity contribution in [2.75, 3.05) is 110 Å². The first kappa shape index (κ1) is 54.6. The summed E-state index contributed by atoms with van der Waals surface area (Å²) in [5.41, 5.74) is 0. The maximum Gasteiger partial charge on any atom is 0.315 e. The Morgan fingerprint density at radius 2 is 1.00 bits per heavy atom. The first-order valence-electron chi connectivity index (χ1n) is 23.5. The van der Waals surface area contributed by atoms with Gasteiger partial charge >= 0.3 is 6.03 Å². The molecule has 0 aromatic rings. The Balaban J connectivity index is 1.13. The minimum Gasteiger partial charge on any atom is -0.394 e. The van der Waals surface area contributed by atoms with Gasteiger partial charge in [0.15, 0.2) is 0 Å². The van der Waals surface area contributed by atoms with Crippen LogP contribution in [-0.2, 0) is 33.2 Å². The molecule has 0 saturated carbocycles. The number of carbonyl (C=O) groups excluding carboxylic acids is 2. The molecule has 0 aliphatic carbocycles. The van der Waals surface area contributed by atoms with Crippen molar-refractivity contribution in [1.82, 2.24) is 16.0 Å². The van der Waals surface area contributed by atoms with Crippen LogP contribution in [0.5, 0.6) is 0 Å². The average molecular weight is 896 g/mol. The molecule has 15 heteroatoms. The van der Waals surface area contributed by atoms with Crippen LogP contribution in [0.2, 0.25) is 0 Å². The molecule has 2 rings (SSSR count). The molecule has 0 unspecified atom stereocenters. The Kier molecular flexibility index (Phi) is 39.6. The molecule has 0 aromatic carbocycles. The Hall–Kier alpha value is -0.490. The van der Waals surface area contributed by atoms with Crippen molar-refractivity contribution in [1.29, 1.82) is 0 Å². The summed E-state index contributed by atoms with van der Waals surface area (Å²) in [6.45, 7) is 7.71. The van der Waals surface area contributed by atoms with Crippen molar-refractivity contribution >= 4 is 45.3 Å². The number of hydrogen-bond donors (Lipinski definition) is 4. The second kappa shape index (κ2) is 42.8. The van der Waals surface area contributed by atoms with Crippen LogP contribution in [0.3, 0.4) is 0 Å². The van der Waals surface area contributed by atoms with Gasteiger partial charge in [-0.1, -0.05) is 118 Å². The number of aliphatic hydroxyl groups is 1. The molecule has 2 saturated heterocycles. The highest BCUT2D eigenvalue weighted by Crippen LogP contribution is 2.33. The number of fused-ring (bicyclic) bond motifs is 1. The molecule has 0 aromatic heterocycles. The van der Waals surface area contributed by atoms with Crippen LogP contribution >= 0.6 is 33.3 Å². The molecule has 2 aliphatic rings. The van der Waals surface area contributed by atoms with E-state index in [1.165, 1.54) is 114 Å². The predicted molar refractivity (Wildman–Crippen MR) is 247 cm³/mol. The molecular weight excluding hydrogens is 811 g/mol. The van der Waals surface area contributed by atoms with Gasteiger partial charge in [0.05, 0.1) is 84.8 Å². The maximum absolute atomic E-state index is 12.1. The van der Waals surface area contributed by atoms with Gasteiger partial charge in [0.1, 0.15) is 0 Å². The third-order valence-corrected chi connectivity index (χ3v) is 14.6. The number of hydrogen-bond acceptors (Lipinski definition) is 12. The molecule has 3 atom stereocenters. The fraction of sp³-hybridized carbons (Fsp3) is 0.955. The van der Waals surface area contributed by atoms with Gasteiger partial charge in [-0.25, -0.2) is 4.79 Å². The fourth-order valence-electron chi connectivity index (χ4n) is 7.10. The Bertz CT molecular complexity index is 949. The molecule has 0 spiro atoms. The molecule has 0 bridgehead atoms. The van der Waals surface area contributed by atoms with Gasteiger partial charge in [0.2, 0.25) is 5.91 Å². The van der Waals surface area contributed by atoms with E-state index >= 15 is 0 Å². The zero-order valence-corrected chi connectivity index (χ0v) is 39.2. The highest BCUT2D eigenvalue weighted by atomic mass is 33.1. The summed E-state index contributed by atoms with van der Waals surface area (Å²) >= 11 is 1.92. The zero-order chi connectivity index (χ0) is 41.9. The van der Waals surface area contributed by atoms with E-state index in [1.807, 2.05) is 11.8 Å². The van der Waals surface area contributed by atoms with Gasteiger partial charge in [-0.05, 0) is 38.5 Å². The van der Waals surface area contributed by atoms with Gasteiger partial charge < -0.3 is 49.5 Å². The lowest BCUT2D eigenvalue weighted by molar-refractivity contribution is -0.121. The van der Waals surface area contributed by atoms with Crippen LogP contribution in [0.25, 0.3) is 0 Å². The predicted octanol–water partition coefficient (Wildman–Crippen LogP) is 8.32. The summed E-state index contributed by atoms with van der Waals surface area (Å²) in [7, 11) is 4.16. The number of urea groups is 1. The number of aliphatic hydroxyl groups excluding tert-OH is 1. The van der Waals surface area contributed by atoms with E-state index < -0.39 is 0 Å². The molecular formula is C44H85N3O9S3. The first-order chi connectivity index (χ1) is 29.2. The lowest BCUT2D eigenvalue weighted by atomic mass is 10.0. The summed E-state index contributed by atoms with van der Waals surface area (Å²) in [5.74, 6) is 3.65. The second-order valence-electron chi connectivity index (χ2n) is 15.6. The average Bonchev–Trinajstić information content (AvgIpc) is 3.80. The summed E-state index contributed by atoms with van der Waals surface area (Å²) in [5, 5.41) is 18.0. The van der Waals surface area contributed by atoms with Crippen molar-refractivity contribution in [3.05, 3.63) is 0 Å². The molecule has 12 nitrogen and oxygen atoms in total. The smallest absolute Gasteiger partial charge is 0.315 e. The monoisotopic (exact) mass is 896 g/mol. The van der Waals surface area contributed by atoms with Crippen LogP contribution in [-0.4, -0.2) is 144 Å². The summed E-state index contributed by atoms with van der Waals surface area (Å²) < 4.78 is 33.1. The number of carbonyl (C=O) groups is 2. The topological polar surface area (TPSA) is 146 Å². The SMILES string of the molecule is O=C(CCCC[C@@H]1SC[C@@H]2NC(=O)N[C@@H]21)NCCOCCOCCOCCCCCCCCCCCSSCCCCCCCCCCCOCCOCCOCCO. The van der Waals surface area contributed by atoms with Crippen LogP contribution in [0.1, 0.15) is 141 Å². The molecule has 3 amide bonds. The van der Waals surface area contributed by atoms with E-state index in [2.05, 4.69) is 37.5 Å². The Morgan fingerprint density at radius 3 is 1.51 bits per heavy atom. The second-order valence-corrected chi connectivity index (χ2v) is 19.6. The molecule has 2 aliphatic heterocycles. The van der Waals surface area contributed by atoms with Crippen LogP contribution < -0.4 is 16.0 Å². The van der Waals surface area contributed by atoms with Gasteiger partial charge in [-0.15, -0.1) is 0 Å². The van der Waals surface area contributed by atoms with Crippen molar-refractivity contribution < 1.29 is 43.1 Å². The molecule has 2 heterocycles. The number of thioether (sulfide) groups is 1. The first-order valence-corrected chi connectivity index (χ1v) is 27.0. The van der Waals surface area contributed by atoms with Crippen molar-refractivity contribution in [2.45, 2.75) is 159 Å². The zero-order valence-electron chi connectivity index (χ0n) is 36.7. The van der Waals surface area contributed by atoms with E-state index in [0.29, 0.717) is 84.3 Å². The lowest BCUT2D eigenvalue weighted by Gasteiger charge is -2.16. The summed E-state index contributed by atoms with van der Waals surface area (Å²) in [4.78, 5) is 23.6. The van der Waals surface area contributed by atoms with Crippen LogP contribution in [0.15, 0.2) is 0 Å². The van der Waals surface area contributed by atoms with E-state index in [4.69, 9.17) is 33.5 Å². The fourth-order valence-corrected chi connectivity index (χ4v) is 10.9. The van der Waals surface area contributed by atoms with Gasteiger partial charge in [0.25, 0.3) is 0 Å². The van der Waals surface area contributed by atoms with Crippen molar-refractivity contribution in [2.24, 2.45) is 0 Å². The normalized spacial score (nSPS) is 17.4. The van der Waals surface area contributed by atoms with Gasteiger partial charge in [0, 0.05) is 48.7 Å². The molecule has 0 radical (unpaired) electrons. The van der Waals surface area contributed by atoms with Crippen LogP contribution in [0.4, 0.5) is 4.79 Å². The number of ether oxygens (including phenoxy) is 6. The van der Waals surface area contributed by atoms with E-state index in [0.717, 1.165) is 51.1 Å². The molecule has 2 fully saturated rings. The lowest BCUT2D eigenvalue weighted by Crippen LogP contribution is -2.36. The van der Waals surface area contributed by atoms with Crippen molar-refractivity contribution in [3.8, 4) is 0 Å². The molecule has 59 heavy (non-hydrogen) atoms. The van der Waals surface area contributed by atoms with Crippen molar-refractivity contribution in [3.63, 3.8) is 0 Å². The number of unbranched alkanes of at least 4 members (excludes halogenated alkanes) is 17. The van der Waals surface area contributed by atoms with E-state index in [9.17, 15) is 9.59 Å². The molecule has 4 N–H and O–H groups in total. The van der Waals surface area contributed by atoms with Gasteiger partial charge in [-0.2, -0.15) is 11.8 Å². The van der Waals surface area contributed by atoms with Crippen LogP contribution in [0, 0.1) is 0 Å². The Labute approximate surface area is 371 Å². The number of nitrogens with one attached hydrogen (secondary N) is 3. The van der Waals surface area contributed by atoms with Gasteiger partial charge in [-0.3, -0.25) is 4.79 Å². The third-order valence-electron chi connectivity index (χ3n) is 10.5. The molecule has 348 valence electrons. The number of amides is 3. The standard InChI is InChI=1S/C44H85N3O9S3/c48-24-28-54-32-36-56-34-30-52-26-18-12-8-4-2-6-10-14-20-38-59-58-37-19-13-9-5-1-3-7-11-17-25-51-29-33-55-35-31-53-27-23-45-42(49)22-16-15-21-41-43-40(39-57-41)46-44(50)47-43/h40-41,43,48H,1-39H2,(H,45,49)(H2,46,47,50)/t40-,41-,43-/m0/s1. The summed E-state index contributed by atoms with van der Waals surface area (Å²) in [6, 6.07) is 0.451. The quantitative estimate of drug-likeness (QED) is 0.0265. The highest BCUT2D eigenvalue weighted by Gasteiger charge is 2.42. The number of rotatable bonds is 47. The largest absolute Gasteiger partial charge is 0.394 e. The van der Waals surface area contributed by atoms with E-state index in [1.54, 1.807) is 0 Å². The maximum atomic E-state index is 12.1. The van der Waals surface area contributed by atoms with E-state index in [-0.39, 0.29) is 30.6 Å². The highest BCUT2D eigenvalue weighted by molar-refractivity contribution is 8.76. The minimum atomic E-state index is -0.0465. The summed E-state index contributed by atoms with van der Waals surface area (Å²) in [6.07, 6.45) is 27.3. The Morgan fingerprint density at radius 1 is 0.559 bits per heavy atom.